The van der Waals surface area contributed by atoms with Gasteiger partial charge in [-0.2, -0.15) is 0 Å². The summed E-state index contributed by atoms with van der Waals surface area (Å²) in [4.78, 5) is 56.8. The van der Waals surface area contributed by atoms with E-state index in [4.69, 9.17) is 16.2 Å². The predicted molar refractivity (Wildman–Crippen MR) is 152 cm³/mol. The fourth-order valence-electron chi connectivity index (χ4n) is 3.19. The van der Waals surface area contributed by atoms with E-state index in [0.29, 0.717) is 23.5 Å². The average Bonchev–Trinajstić information content (AvgIpc) is 2.87. The summed E-state index contributed by atoms with van der Waals surface area (Å²) < 4.78 is 5.24. The van der Waals surface area contributed by atoms with Crippen molar-refractivity contribution in [2.45, 2.75) is 72.2 Å². The lowest BCUT2D eigenvalue weighted by Gasteiger charge is -2.22. The third kappa shape index (κ3) is 13.9. The van der Waals surface area contributed by atoms with Crippen molar-refractivity contribution >= 4 is 41.7 Å². The van der Waals surface area contributed by atoms with Crippen LogP contribution in [0, 0.1) is 5.92 Å². The Bertz CT molecular complexity index is 1010. The van der Waals surface area contributed by atoms with Gasteiger partial charge < -0.3 is 37.5 Å². The van der Waals surface area contributed by atoms with Gasteiger partial charge in [-0.1, -0.05) is 26.0 Å². The number of amidine groups is 1. The zero-order valence-electron chi connectivity index (χ0n) is 23.3. The van der Waals surface area contributed by atoms with Gasteiger partial charge in [0.15, 0.2) is 0 Å². The number of hydrogen-bond donors (Lipinski definition) is 6. The lowest BCUT2D eigenvalue weighted by Crippen LogP contribution is -2.51. The monoisotopic (exact) mass is 546 g/mol. The molecule has 39 heavy (non-hydrogen) atoms. The Kier molecular flexibility index (Phi) is 14.8. The van der Waals surface area contributed by atoms with Crippen LogP contribution in [0.25, 0.3) is 0 Å². The summed E-state index contributed by atoms with van der Waals surface area (Å²) in [7, 11) is 0. The van der Waals surface area contributed by atoms with Gasteiger partial charge in [0.2, 0.25) is 11.8 Å². The van der Waals surface area contributed by atoms with Crippen LogP contribution in [-0.4, -0.2) is 67.2 Å². The van der Waals surface area contributed by atoms with Crippen molar-refractivity contribution in [1.29, 1.82) is 0 Å². The summed E-state index contributed by atoms with van der Waals surface area (Å²) in [5.74, 6) is -0.491. The van der Waals surface area contributed by atoms with E-state index in [9.17, 15) is 19.2 Å². The van der Waals surface area contributed by atoms with Gasteiger partial charge in [0, 0.05) is 24.5 Å². The smallest absolute Gasteiger partial charge is 0.407 e. The fourth-order valence-corrected chi connectivity index (χ4v) is 3.19. The topological polar surface area (TPSA) is 202 Å². The van der Waals surface area contributed by atoms with E-state index >= 15 is 0 Å². The number of aliphatic imine (C=N–C) groups is 2. The summed E-state index contributed by atoms with van der Waals surface area (Å²) in [6.45, 7) is 9.64. The molecule has 0 bridgehead atoms. The summed E-state index contributed by atoms with van der Waals surface area (Å²) in [5.41, 5.74) is 12.2. The number of benzene rings is 1. The molecule has 0 aliphatic heterocycles. The minimum absolute atomic E-state index is 0.0202. The molecule has 0 unspecified atom stereocenters. The maximum Gasteiger partial charge on any atom is 0.407 e. The minimum atomic E-state index is -0.871. The molecule has 1 aromatic carbocycles. The van der Waals surface area contributed by atoms with Crippen LogP contribution < -0.4 is 32.7 Å². The first kappa shape index (κ1) is 33.0. The highest BCUT2D eigenvalue weighted by molar-refractivity contribution is 5.98. The largest absolute Gasteiger partial charge is 0.445 e. The van der Waals surface area contributed by atoms with Crippen LogP contribution in [0.1, 0.15) is 53.0 Å². The number of carbonyl (C=O) groups excluding carboxylic acids is 4. The number of nitrogens with two attached hydrogens (primary N) is 2. The van der Waals surface area contributed by atoms with Crippen LogP contribution in [0.4, 0.5) is 15.3 Å². The number of nitrogens with zero attached hydrogens (tertiary/aromatic N) is 2. The van der Waals surface area contributed by atoms with Crippen molar-refractivity contribution < 1.29 is 23.9 Å². The molecule has 13 heteroatoms. The average molecular weight is 547 g/mol. The minimum Gasteiger partial charge on any atom is -0.445 e. The van der Waals surface area contributed by atoms with Gasteiger partial charge >= 0.3 is 12.1 Å². The fraction of sp³-hybridized carbons (Fsp3) is 0.538. The van der Waals surface area contributed by atoms with Gasteiger partial charge in [0.25, 0.3) is 0 Å². The van der Waals surface area contributed by atoms with Crippen molar-refractivity contribution in [3.8, 4) is 0 Å². The van der Waals surface area contributed by atoms with Gasteiger partial charge in [-0.15, -0.1) is 0 Å². The molecule has 0 saturated carbocycles. The summed E-state index contributed by atoms with van der Waals surface area (Å²) in [5, 5.41) is 10.5. The van der Waals surface area contributed by atoms with Crippen molar-refractivity contribution in [2.75, 3.05) is 18.4 Å². The maximum atomic E-state index is 12.9. The first-order valence-corrected chi connectivity index (χ1v) is 12.9. The highest BCUT2D eigenvalue weighted by Gasteiger charge is 2.25. The standard InChI is InChI=1S/C26H42N8O5/c1-6-29-21(32-17(4)5)14-31-26(38)39-15-18-9-11-19(12-10-18)33-23(35)20(8-7-13-30-25(28)37)34-24(36)22(27)16(2)3/h6,9-12,16-17,20,22H,7-8,13-15,27H2,1-5H3,(H,31,38)(H,33,35)(H,34,36)(H3,28,30,37)/b29-6-,32-21-/t20-,22-/m0/s1. The van der Waals surface area contributed by atoms with E-state index in [1.807, 2.05) is 27.7 Å². The maximum absolute atomic E-state index is 12.9. The molecule has 0 saturated heterocycles. The molecule has 5 amide bonds. The third-order valence-corrected chi connectivity index (χ3v) is 5.29. The second kappa shape index (κ2) is 17.5. The number of hydrogen-bond acceptors (Lipinski definition) is 7. The van der Waals surface area contributed by atoms with Crippen molar-refractivity contribution in [3.63, 3.8) is 0 Å². The molecule has 0 spiro atoms. The number of rotatable bonds is 14. The molecule has 1 rings (SSSR count). The number of primary amides is 1. The molecule has 13 nitrogen and oxygen atoms in total. The quantitative estimate of drug-likeness (QED) is 0.116. The van der Waals surface area contributed by atoms with E-state index in [0.717, 1.165) is 0 Å². The van der Waals surface area contributed by atoms with Gasteiger partial charge in [-0.25, -0.2) is 14.6 Å². The number of ether oxygens (including phenoxy) is 1. The normalized spacial score (nSPS) is 13.2. The predicted octanol–water partition coefficient (Wildman–Crippen LogP) is 1.67. The van der Waals surface area contributed by atoms with E-state index in [2.05, 4.69) is 31.3 Å². The van der Waals surface area contributed by atoms with E-state index in [1.165, 1.54) is 0 Å². The van der Waals surface area contributed by atoms with Crippen LogP contribution in [0.2, 0.25) is 0 Å². The third-order valence-electron chi connectivity index (χ3n) is 5.29. The lowest BCUT2D eigenvalue weighted by molar-refractivity contribution is -0.128. The van der Waals surface area contributed by atoms with E-state index in [1.54, 1.807) is 37.4 Å². The van der Waals surface area contributed by atoms with Gasteiger partial charge in [-0.05, 0) is 57.2 Å². The van der Waals surface area contributed by atoms with Crippen LogP contribution in [-0.2, 0) is 20.9 Å². The van der Waals surface area contributed by atoms with Crippen molar-refractivity contribution in [2.24, 2.45) is 27.4 Å². The number of alkyl carbamates (subject to hydrolysis) is 1. The molecule has 216 valence electrons. The molecular formula is C26H42N8O5. The molecule has 0 radical (unpaired) electrons. The molecule has 0 heterocycles. The Balaban J connectivity index is 2.69. The van der Waals surface area contributed by atoms with Crippen molar-refractivity contribution in [1.82, 2.24) is 16.0 Å². The Morgan fingerprint density at radius 1 is 1.03 bits per heavy atom. The highest BCUT2D eigenvalue weighted by Crippen LogP contribution is 2.12. The first-order valence-electron chi connectivity index (χ1n) is 12.9. The molecular weight excluding hydrogens is 504 g/mol. The second-order valence-electron chi connectivity index (χ2n) is 9.41. The van der Waals surface area contributed by atoms with E-state index < -0.39 is 36.0 Å². The van der Waals surface area contributed by atoms with Gasteiger partial charge in [0.05, 0.1) is 12.6 Å². The number of anilines is 1. The molecule has 0 fully saturated rings. The number of carbonyl (C=O) groups is 4. The second-order valence-corrected chi connectivity index (χ2v) is 9.41. The van der Waals surface area contributed by atoms with Crippen LogP contribution in [0.5, 0.6) is 0 Å². The number of nitrogens with one attached hydrogen (secondary N) is 4. The van der Waals surface area contributed by atoms with Gasteiger partial charge in [-0.3, -0.25) is 14.6 Å². The summed E-state index contributed by atoms with van der Waals surface area (Å²) in [6, 6.07) is 4.46. The van der Waals surface area contributed by atoms with Crippen LogP contribution >= 0.6 is 0 Å². The summed E-state index contributed by atoms with van der Waals surface area (Å²) in [6.07, 6.45) is 1.66. The molecule has 0 aliphatic carbocycles. The Labute approximate surface area is 229 Å². The zero-order valence-corrected chi connectivity index (χ0v) is 23.3. The lowest BCUT2D eigenvalue weighted by atomic mass is 10.0. The first-order chi connectivity index (χ1) is 18.4. The summed E-state index contributed by atoms with van der Waals surface area (Å²) >= 11 is 0. The van der Waals surface area contributed by atoms with Crippen LogP contribution in [0.15, 0.2) is 34.3 Å². The molecule has 1 aromatic rings. The molecule has 0 aliphatic rings. The molecule has 2 atom stereocenters. The molecule has 8 N–H and O–H groups in total. The highest BCUT2D eigenvalue weighted by atomic mass is 16.5. The number of amides is 5. The Morgan fingerprint density at radius 3 is 2.26 bits per heavy atom. The molecule has 0 aromatic heterocycles. The SMILES string of the molecule is C/C=N\C(CNC(=O)OCc1ccc(NC(=O)[C@H](CCCNC(N)=O)NC(=O)[C@@H](N)C(C)C)cc1)=N/C(C)C. The van der Waals surface area contributed by atoms with Crippen molar-refractivity contribution in [3.05, 3.63) is 29.8 Å². The zero-order chi connectivity index (χ0) is 29.4. The van der Waals surface area contributed by atoms with E-state index in [-0.39, 0.29) is 38.1 Å². The number of urea groups is 1. The van der Waals surface area contributed by atoms with Crippen LogP contribution in [0.3, 0.4) is 0 Å². The Morgan fingerprint density at radius 2 is 1.69 bits per heavy atom. The van der Waals surface area contributed by atoms with Gasteiger partial charge in [0.1, 0.15) is 18.5 Å². The Hall–Kier alpha value is -4.00.